The van der Waals surface area contributed by atoms with Crippen LogP contribution in [0.2, 0.25) is 0 Å². The van der Waals surface area contributed by atoms with E-state index >= 15 is 0 Å². The van der Waals surface area contributed by atoms with Gasteiger partial charge in [-0.1, -0.05) is 13.3 Å². The first-order valence-corrected chi connectivity index (χ1v) is 7.01. The predicted octanol–water partition coefficient (Wildman–Crippen LogP) is 3.76. The van der Waals surface area contributed by atoms with Gasteiger partial charge in [-0.3, -0.25) is 0 Å². The summed E-state index contributed by atoms with van der Waals surface area (Å²) >= 11 is 5.44. The van der Waals surface area contributed by atoms with E-state index in [1.807, 2.05) is 0 Å². The molecule has 0 bridgehead atoms. The van der Waals surface area contributed by atoms with Crippen LogP contribution in [-0.2, 0) is 0 Å². The van der Waals surface area contributed by atoms with Crippen molar-refractivity contribution >= 4 is 27.3 Å². The maximum absolute atomic E-state index is 3.64. The average Bonchev–Trinajstić information content (AvgIpc) is 2.74. The van der Waals surface area contributed by atoms with Crippen LogP contribution in [0.15, 0.2) is 15.2 Å². The van der Waals surface area contributed by atoms with Gasteiger partial charge < -0.3 is 5.32 Å². The summed E-state index contributed by atoms with van der Waals surface area (Å²) in [5, 5.41) is 8.08. The van der Waals surface area contributed by atoms with E-state index < -0.39 is 0 Å². The van der Waals surface area contributed by atoms with Crippen LogP contribution in [-0.4, -0.2) is 12.6 Å². The minimum Gasteiger partial charge on any atom is -0.314 e. The van der Waals surface area contributed by atoms with Crippen molar-refractivity contribution in [3.8, 4) is 0 Å². The van der Waals surface area contributed by atoms with Gasteiger partial charge in [0.05, 0.1) is 0 Å². The highest BCUT2D eigenvalue weighted by Crippen LogP contribution is 2.39. The molecule has 0 radical (unpaired) electrons. The first-order valence-electron chi connectivity index (χ1n) is 5.28. The lowest BCUT2D eigenvalue weighted by Crippen LogP contribution is -2.30. The summed E-state index contributed by atoms with van der Waals surface area (Å²) in [5.41, 5.74) is 1.51. The van der Waals surface area contributed by atoms with Crippen LogP contribution in [0.25, 0.3) is 0 Å². The SMILES string of the molecule is CCNC1CCCC1c1cscc1Br. The van der Waals surface area contributed by atoms with Crippen LogP contribution < -0.4 is 5.32 Å². The normalized spacial score (nSPS) is 27.0. The number of likely N-dealkylation sites (N-methyl/N-ethyl adjacent to an activating group) is 1. The number of rotatable bonds is 3. The van der Waals surface area contributed by atoms with Crippen molar-refractivity contribution in [2.24, 2.45) is 0 Å². The molecule has 2 unspecified atom stereocenters. The molecule has 1 aliphatic rings. The number of hydrogen-bond donors (Lipinski definition) is 1. The van der Waals surface area contributed by atoms with Gasteiger partial charge in [-0.05, 0) is 46.3 Å². The highest BCUT2D eigenvalue weighted by molar-refractivity contribution is 9.10. The molecule has 3 heteroatoms. The van der Waals surface area contributed by atoms with Crippen molar-refractivity contribution < 1.29 is 0 Å². The van der Waals surface area contributed by atoms with E-state index in [2.05, 4.69) is 38.9 Å². The second-order valence-corrected chi connectivity index (χ2v) is 5.47. The monoisotopic (exact) mass is 273 g/mol. The Morgan fingerprint density at radius 3 is 3.00 bits per heavy atom. The lowest BCUT2D eigenvalue weighted by molar-refractivity contribution is 0.492. The molecular formula is C11H16BrNS. The molecule has 1 nitrogen and oxygen atoms in total. The molecule has 2 atom stereocenters. The Hall–Kier alpha value is 0.140. The molecular weight excluding hydrogens is 258 g/mol. The molecule has 1 aromatic rings. The Kier molecular flexibility index (Phi) is 3.63. The molecule has 1 N–H and O–H groups in total. The predicted molar refractivity (Wildman–Crippen MR) is 66.1 cm³/mol. The Bertz CT molecular complexity index is 297. The zero-order chi connectivity index (χ0) is 9.97. The van der Waals surface area contributed by atoms with E-state index in [0.717, 1.165) is 12.5 Å². The molecule has 1 heterocycles. The minimum absolute atomic E-state index is 0.700. The van der Waals surface area contributed by atoms with Gasteiger partial charge in [0.15, 0.2) is 0 Å². The maximum Gasteiger partial charge on any atom is 0.0317 e. The minimum atomic E-state index is 0.700. The highest BCUT2D eigenvalue weighted by Gasteiger charge is 2.29. The van der Waals surface area contributed by atoms with Gasteiger partial charge in [-0.2, -0.15) is 11.3 Å². The topological polar surface area (TPSA) is 12.0 Å². The second-order valence-electron chi connectivity index (χ2n) is 3.88. The molecule has 0 aromatic carbocycles. The Morgan fingerprint density at radius 2 is 2.36 bits per heavy atom. The average molecular weight is 274 g/mol. The summed E-state index contributed by atoms with van der Waals surface area (Å²) in [4.78, 5) is 0. The van der Waals surface area contributed by atoms with Crippen molar-refractivity contribution in [3.63, 3.8) is 0 Å². The van der Waals surface area contributed by atoms with E-state index in [4.69, 9.17) is 0 Å². The molecule has 1 fully saturated rings. The molecule has 0 saturated heterocycles. The highest BCUT2D eigenvalue weighted by atomic mass is 79.9. The van der Waals surface area contributed by atoms with Crippen LogP contribution >= 0.6 is 27.3 Å². The lowest BCUT2D eigenvalue weighted by Gasteiger charge is -2.20. The van der Waals surface area contributed by atoms with Crippen LogP contribution in [0.3, 0.4) is 0 Å². The zero-order valence-electron chi connectivity index (χ0n) is 8.42. The zero-order valence-corrected chi connectivity index (χ0v) is 10.8. The summed E-state index contributed by atoms with van der Waals surface area (Å²) in [6.45, 7) is 3.28. The summed E-state index contributed by atoms with van der Waals surface area (Å²) < 4.78 is 1.30. The van der Waals surface area contributed by atoms with E-state index in [1.54, 1.807) is 11.3 Å². The molecule has 0 spiro atoms. The molecule has 1 saturated carbocycles. The summed E-state index contributed by atoms with van der Waals surface area (Å²) in [6, 6.07) is 0.700. The van der Waals surface area contributed by atoms with Gasteiger partial charge in [0, 0.05) is 21.8 Å². The number of nitrogens with one attached hydrogen (secondary N) is 1. The van der Waals surface area contributed by atoms with Crippen molar-refractivity contribution in [1.82, 2.24) is 5.32 Å². The third kappa shape index (κ3) is 2.05. The van der Waals surface area contributed by atoms with Crippen molar-refractivity contribution in [3.05, 3.63) is 20.8 Å². The number of halogens is 1. The molecule has 2 rings (SSSR count). The van der Waals surface area contributed by atoms with Gasteiger partial charge in [-0.25, -0.2) is 0 Å². The molecule has 0 aliphatic heterocycles. The lowest BCUT2D eigenvalue weighted by atomic mass is 9.97. The summed E-state index contributed by atoms with van der Waals surface area (Å²) in [5.74, 6) is 0.732. The molecule has 0 amide bonds. The van der Waals surface area contributed by atoms with E-state index in [-0.39, 0.29) is 0 Å². The fraction of sp³-hybridized carbons (Fsp3) is 0.636. The van der Waals surface area contributed by atoms with Crippen LogP contribution in [0.4, 0.5) is 0 Å². The Balaban J connectivity index is 2.13. The molecule has 1 aliphatic carbocycles. The van der Waals surface area contributed by atoms with Crippen LogP contribution in [0.5, 0.6) is 0 Å². The number of thiophene rings is 1. The molecule has 1 aromatic heterocycles. The van der Waals surface area contributed by atoms with E-state index in [9.17, 15) is 0 Å². The van der Waals surface area contributed by atoms with Crippen molar-refractivity contribution in [2.75, 3.05) is 6.54 Å². The Morgan fingerprint density at radius 1 is 1.50 bits per heavy atom. The maximum atomic E-state index is 3.64. The number of hydrogen-bond acceptors (Lipinski definition) is 2. The summed E-state index contributed by atoms with van der Waals surface area (Å²) in [7, 11) is 0. The van der Waals surface area contributed by atoms with Crippen LogP contribution in [0, 0.1) is 0 Å². The standard InChI is InChI=1S/C11H16BrNS/c1-2-13-11-5-3-4-8(11)9-6-14-7-10(9)12/h6-8,11,13H,2-5H2,1H3. The third-order valence-corrected chi connectivity index (χ3v) is 4.78. The van der Waals surface area contributed by atoms with E-state index in [0.29, 0.717) is 6.04 Å². The second kappa shape index (κ2) is 4.77. The molecule has 14 heavy (non-hydrogen) atoms. The smallest absolute Gasteiger partial charge is 0.0317 e. The summed E-state index contributed by atoms with van der Waals surface area (Å²) in [6.07, 6.45) is 4.04. The largest absolute Gasteiger partial charge is 0.314 e. The molecule has 78 valence electrons. The Labute approximate surface area is 98.0 Å². The van der Waals surface area contributed by atoms with Crippen molar-refractivity contribution in [1.29, 1.82) is 0 Å². The van der Waals surface area contributed by atoms with Gasteiger partial charge in [0.2, 0.25) is 0 Å². The third-order valence-electron chi connectivity index (χ3n) is 3.02. The van der Waals surface area contributed by atoms with E-state index in [1.165, 1.54) is 29.3 Å². The van der Waals surface area contributed by atoms with Crippen molar-refractivity contribution in [2.45, 2.75) is 38.1 Å². The van der Waals surface area contributed by atoms with Gasteiger partial charge >= 0.3 is 0 Å². The van der Waals surface area contributed by atoms with Gasteiger partial charge in [0.25, 0.3) is 0 Å². The van der Waals surface area contributed by atoms with Crippen LogP contribution in [0.1, 0.15) is 37.7 Å². The fourth-order valence-corrected chi connectivity index (χ4v) is 4.05. The van der Waals surface area contributed by atoms with Gasteiger partial charge in [0.1, 0.15) is 0 Å². The fourth-order valence-electron chi connectivity index (χ4n) is 2.39. The van der Waals surface area contributed by atoms with Gasteiger partial charge in [-0.15, -0.1) is 0 Å². The first-order chi connectivity index (χ1) is 6.83. The quantitative estimate of drug-likeness (QED) is 0.885. The first kappa shape index (κ1) is 10.7.